The quantitative estimate of drug-likeness (QED) is 0.698. The molecular weight excluding hydrogens is 374 g/mol. The number of hydrogen-bond donors (Lipinski definition) is 3. The summed E-state index contributed by atoms with van der Waals surface area (Å²) in [5.74, 6) is -0.555. The van der Waals surface area contributed by atoms with Crippen molar-refractivity contribution in [3.8, 4) is 0 Å². The maximum atomic E-state index is 12.6. The van der Waals surface area contributed by atoms with Crippen LogP contribution in [0.5, 0.6) is 0 Å². The first kappa shape index (κ1) is 20.4. The van der Waals surface area contributed by atoms with Crippen LogP contribution in [0.1, 0.15) is 59.6 Å². The topological polar surface area (TPSA) is 84.2 Å². The molecule has 5 nitrogen and oxygen atoms in total. The average Bonchev–Trinajstić information content (AvgIpc) is 2.70. The number of rotatable bonds is 5. The monoisotopic (exact) mass is 399 g/mol. The fourth-order valence-electron chi connectivity index (χ4n) is 3.43. The van der Waals surface area contributed by atoms with E-state index in [2.05, 4.69) is 10.6 Å². The van der Waals surface area contributed by atoms with Gasteiger partial charge in [0.1, 0.15) is 6.04 Å². The molecule has 0 radical (unpaired) electrons. The van der Waals surface area contributed by atoms with Crippen molar-refractivity contribution in [1.29, 1.82) is 0 Å². The van der Waals surface area contributed by atoms with Crippen molar-refractivity contribution < 1.29 is 9.59 Å². The first-order valence-corrected chi connectivity index (χ1v) is 10.1. The fraction of sp³-hybridized carbons (Fsp3) is 0.364. The Balaban J connectivity index is 1.68. The molecule has 2 aromatic carbocycles. The van der Waals surface area contributed by atoms with Crippen LogP contribution in [0.2, 0.25) is 5.02 Å². The van der Waals surface area contributed by atoms with Gasteiger partial charge in [-0.05, 0) is 43.5 Å². The molecule has 1 atom stereocenters. The van der Waals surface area contributed by atoms with Crippen molar-refractivity contribution >= 4 is 29.1 Å². The Morgan fingerprint density at radius 3 is 2.43 bits per heavy atom. The minimum atomic E-state index is -0.796. The zero-order valence-electron chi connectivity index (χ0n) is 16.0. The molecule has 0 aliphatic heterocycles. The Kier molecular flexibility index (Phi) is 6.70. The smallest absolute Gasteiger partial charge is 0.253 e. The minimum absolute atomic E-state index is 0.186. The van der Waals surface area contributed by atoms with Gasteiger partial charge >= 0.3 is 0 Å². The number of nitrogens with two attached hydrogens (primary N) is 1. The summed E-state index contributed by atoms with van der Waals surface area (Å²) in [6.07, 6.45) is 5.46. The van der Waals surface area contributed by atoms with E-state index in [1.54, 1.807) is 18.2 Å². The van der Waals surface area contributed by atoms with Gasteiger partial charge in [0.15, 0.2) is 0 Å². The molecule has 1 aliphatic rings. The van der Waals surface area contributed by atoms with E-state index in [0.717, 1.165) is 36.8 Å². The largest absolute Gasteiger partial charge is 0.349 e. The maximum Gasteiger partial charge on any atom is 0.253 e. The number of anilines is 1. The number of carbonyl (C=O) groups is 2. The summed E-state index contributed by atoms with van der Waals surface area (Å²) in [5.41, 5.74) is 8.75. The van der Waals surface area contributed by atoms with Crippen molar-refractivity contribution in [2.45, 2.75) is 51.1 Å². The van der Waals surface area contributed by atoms with Crippen molar-refractivity contribution in [2.75, 3.05) is 5.32 Å². The third-order valence-corrected chi connectivity index (χ3v) is 5.47. The molecule has 6 heteroatoms. The van der Waals surface area contributed by atoms with Crippen LogP contribution in [-0.4, -0.2) is 17.9 Å². The minimum Gasteiger partial charge on any atom is -0.349 e. The van der Waals surface area contributed by atoms with Crippen LogP contribution in [0.25, 0.3) is 0 Å². The molecule has 1 unspecified atom stereocenters. The number of amides is 2. The lowest BCUT2D eigenvalue weighted by Gasteiger charge is -2.23. The number of halogens is 1. The van der Waals surface area contributed by atoms with Crippen LogP contribution in [0.15, 0.2) is 42.5 Å². The molecule has 3 rings (SSSR count). The molecule has 0 spiro atoms. The van der Waals surface area contributed by atoms with Gasteiger partial charge in [-0.2, -0.15) is 0 Å². The molecular formula is C22H26ClN3O2. The van der Waals surface area contributed by atoms with Crippen LogP contribution in [0.3, 0.4) is 0 Å². The van der Waals surface area contributed by atoms with E-state index in [4.69, 9.17) is 17.3 Å². The lowest BCUT2D eigenvalue weighted by Crippen LogP contribution is -2.36. The summed E-state index contributed by atoms with van der Waals surface area (Å²) in [7, 11) is 0. The highest BCUT2D eigenvalue weighted by atomic mass is 35.5. The lowest BCUT2D eigenvalue weighted by molar-refractivity contribution is -0.117. The van der Waals surface area contributed by atoms with Gasteiger partial charge < -0.3 is 16.4 Å². The maximum absolute atomic E-state index is 12.6. The summed E-state index contributed by atoms with van der Waals surface area (Å²) < 4.78 is 0. The van der Waals surface area contributed by atoms with E-state index in [0.29, 0.717) is 16.3 Å². The van der Waals surface area contributed by atoms with Gasteiger partial charge in [0.05, 0.1) is 10.6 Å². The molecule has 2 aromatic rings. The van der Waals surface area contributed by atoms with Crippen LogP contribution in [0, 0.1) is 6.92 Å². The highest BCUT2D eigenvalue weighted by Gasteiger charge is 2.20. The predicted octanol–water partition coefficient (Wildman–Crippen LogP) is 4.35. The normalized spacial score (nSPS) is 15.7. The molecule has 2 amide bonds. The number of carbonyl (C=O) groups excluding carboxylic acids is 2. The number of benzene rings is 2. The summed E-state index contributed by atoms with van der Waals surface area (Å²) >= 11 is 6.22. The number of nitrogens with one attached hydrogen (secondary N) is 2. The third kappa shape index (κ3) is 5.12. The van der Waals surface area contributed by atoms with Crippen LogP contribution >= 0.6 is 11.6 Å². The second kappa shape index (κ2) is 9.22. The van der Waals surface area contributed by atoms with Gasteiger partial charge in [-0.3, -0.25) is 9.59 Å². The molecule has 0 heterocycles. The van der Waals surface area contributed by atoms with Crippen LogP contribution in [-0.2, 0) is 4.79 Å². The molecule has 0 aromatic heterocycles. The van der Waals surface area contributed by atoms with E-state index < -0.39 is 6.04 Å². The Hall–Kier alpha value is -2.37. The molecule has 1 aliphatic carbocycles. The Morgan fingerprint density at radius 2 is 1.75 bits per heavy atom. The van der Waals surface area contributed by atoms with E-state index >= 15 is 0 Å². The molecule has 4 N–H and O–H groups in total. The average molecular weight is 400 g/mol. The number of aryl methyl sites for hydroxylation is 1. The highest BCUT2D eigenvalue weighted by molar-refractivity contribution is 6.34. The van der Waals surface area contributed by atoms with Gasteiger partial charge in [0.2, 0.25) is 5.91 Å². The Bertz CT molecular complexity index is 845. The van der Waals surface area contributed by atoms with Gasteiger partial charge in [0.25, 0.3) is 5.91 Å². The summed E-state index contributed by atoms with van der Waals surface area (Å²) in [5, 5.41) is 6.18. The van der Waals surface area contributed by atoms with Gasteiger partial charge in [-0.25, -0.2) is 0 Å². The van der Waals surface area contributed by atoms with Crippen molar-refractivity contribution in [3.05, 3.63) is 64.2 Å². The third-order valence-electron chi connectivity index (χ3n) is 5.14. The Labute approximate surface area is 170 Å². The van der Waals surface area contributed by atoms with Crippen LogP contribution in [0.4, 0.5) is 5.69 Å². The van der Waals surface area contributed by atoms with E-state index in [-0.39, 0.29) is 17.9 Å². The molecule has 28 heavy (non-hydrogen) atoms. The SMILES string of the molecule is Cc1ccc(C(N)C(=O)Nc2ccc(Cl)c(C(=O)NC3CCCCC3)c2)cc1. The van der Waals surface area contributed by atoms with E-state index in [1.807, 2.05) is 31.2 Å². The van der Waals surface area contributed by atoms with Crippen molar-refractivity contribution in [1.82, 2.24) is 5.32 Å². The first-order chi connectivity index (χ1) is 13.4. The summed E-state index contributed by atoms with van der Waals surface area (Å²) in [6, 6.07) is 11.8. The van der Waals surface area contributed by atoms with Gasteiger partial charge in [-0.1, -0.05) is 60.7 Å². The fourth-order valence-corrected chi connectivity index (χ4v) is 3.64. The zero-order chi connectivity index (χ0) is 20.1. The molecule has 0 saturated heterocycles. The second-order valence-electron chi connectivity index (χ2n) is 7.38. The number of hydrogen-bond acceptors (Lipinski definition) is 3. The molecule has 0 bridgehead atoms. The molecule has 1 saturated carbocycles. The standard InChI is InChI=1S/C22H26ClN3O2/c1-14-7-9-15(10-8-14)20(24)22(28)26-17-11-12-19(23)18(13-17)21(27)25-16-5-3-2-4-6-16/h7-13,16,20H,2-6,24H2,1H3,(H,25,27)(H,26,28). The molecule has 1 fully saturated rings. The highest BCUT2D eigenvalue weighted by Crippen LogP contribution is 2.23. The second-order valence-corrected chi connectivity index (χ2v) is 7.79. The van der Waals surface area contributed by atoms with Crippen molar-refractivity contribution in [3.63, 3.8) is 0 Å². The van der Waals surface area contributed by atoms with E-state index in [9.17, 15) is 9.59 Å². The Morgan fingerprint density at radius 1 is 1.07 bits per heavy atom. The zero-order valence-corrected chi connectivity index (χ0v) is 16.8. The predicted molar refractivity (Wildman–Crippen MR) is 113 cm³/mol. The van der Waals surface area contributed by atoms with E-state index in [1.165, 1.54) is 6.42 Å². The summed E-state index contributed by atoms with van der Waals surface area (Å²) in [6.45, 7) is 1.98. The lowest BCUT2D eigenvalue weighted by atomic mass is 9.95. The van der Waals surface area contributed by atoms with Crippen molar-refractivity contribution in [2.24, 2.45) is 5.73 Å². The summed E-state index contributed by atoms with van der Waals surface area (Å²) in [4.78, 5) is 25.1. The van der Waals surface area contributed by atoms with Gasteiger partial charge in [-0.15, -0.1) is 0 Å². The first-order valence-electron chi connectivity index (χ1n) is 9.67. The van der Waals surface area contributed by atoms with Crippen LogP contribution < -0.4 is 16.4 Å². The van der Waals surface area contributed by atoms with Gasteiger partial charge in [0, 0.05) is 11.7 Å². The molecule has 148 valence electrons.